The first-order chi connectivity index (χ1) is 7.65. The molecule has 0 aromatic heterocycles. The van der Waals surface area contributed by atoms with Gasteiger partial charge in [-0.2, -0.15) is 0 Å². The Balaban J connectivity index is 1.93. The van der Waals surface area contributed by atoms with Gasteiger partial charge in [-0.3, -0.25) is 0 Å². The third-order valence-corrected chi connectivity index (χ3v) is 3.38. The fourth-order valence-electron chi connectivity index (χ4n) is 2.24. The van der Waals surface area contributed by atoms with Crippen LogP contribution in [-0.2, 0) is 6.54 Å². The van der Waals surface area contributed by atoms with Crippen molar-refractivity contribution < 1.29 is 0 Å². The third kappa shape index (κ3) is 2.83. The van der Waals surface area contributed by atoms with Gasteiger partial charge in [0, 0.05) is 26.2 Å². The number of rotatable bonds is 4. The first-order valence-electron chi connectivity index (χ1n) is 6.10. The van der Waals surface area contributed by atoms with Crippen LogP contribution in [0.15, 0.2) is 18.2 Å². The lowest BCUT2D eigenvalue weighted by molar-refractivity contribution is 0.218. The van der Waals surface area contributed by atoms with Crippen LogP contribution in [0.5, 0.6) is 0 Å². The van der Waals surface area contributed by atoms with Crippen LogP contribution >= 0.6 is 0 Å². The standard InChI is InChI=1S/C14H22N2/c1-11-4-5-12(2)14(6-11)10-16(3)9-13-7-15-8-13/h4-6,13,15H,7-10H2,1-3H3. The third-order valence-electron chi connectivity index (χ3n) is 3.38. The highest BCUT2D eigenvalue weighted by molar-refractivity contribution is 5.30. The van der Waals surface area contributed by atoms with E-state index in [4.69, 9.17) is 0 Å². The Hall–Kier alpha value is -0.860. The Morgan fingerprint density at radius 2 is 2.06 bits per heavy atom. The Bertz CT molecular complexity index is 356. The maximum absolute atomic E-state index is 3.32. The molecule has 1 N–H and O–H groups in total. The zero-order valence-electron chi connectivity index (χ0n) is 10.6. The van der Waals surface area contributed by atoms with Crippen molar-refractivity contribution in [3.05, 3.63) is 34.9 Å². The summed E-state index contributed by atoms with van der Waals surface area (Å²) in [5, 5.41) is 3.32. The summed E-state index contributed by atoms with van der Waals surface area (Å²) in [6.07, 6.45) is 0. The van der Waals surface area contributed by atoms with Crippen LogP contribution in [0.25, 0.3) is 0 Å². The van der Waals surface area contributed by atoms with E-state index in [1.165, 1.54) is 36.3 Å². The van der Waals surface area contributed by atoms with Gasteiger partial charge in [0.05, 0.1) is 0 Å². The minimum Gasteiger partial charge on any atom is -0.316 e. The average Bonchev–Trinajstić information content (AvgIpc) is 2.18. The molecule has 1 fully saturated rings. The van der Waals surface area contributed by atoms with E-state index in [2.05, 4.69) is 49.3 Å². The van der Waals surface area contributed by atoms with E-state index in [1.54, 1.807) is 0 Å². The van der Waals surface area contributed by atoms with Crippen molar-refractivity contribution in [1.29, 1.82) is 0 Å². The second-order valence-corrected chi connectivity index (χ2v) is 5.15. The van der Waals surface area contributed by atoms with Crippen LogP contribution in [-0.4, -0.2) is 31.6 Å². The highest BCUT2D eigenvalue weighted by Gasteiger charge is 2.18. The van der Waals surface area contributed by atoms with Crippen molar-refractivity contribution in [3.8, 4) is 0 Å². The maximum Gasteiger partial charge on any atom is 0.0233 e. The SMILES string of the molecule is Cc1ccc(C)c(CN(C)CC2CNC2)c1. The number of nitrogens with zero attached hydrogens (tertiary/aromatic N) is 1. The summed E-state index contributed by atoms with van der Waals surface area (Å²) >= 11 is 0. The Kier molecular flexibility index (Phi) is 3.62. The van der Waals surface area contributed by atoms with E-state index in [-0.39, 0.29) is 0 Å². The summed E-state index contributed by atoms with van der Waals surface area (Å²) < 4.78 is 0. The molecule has 1 saturated heterocycles. The summed E-state index contributed by atoms with van der Waals surface area (Å²) in [7, 11) is 2.22. The van der Waals surface area contributed by atoms with Gasteiger partial charge in [0.2, 0.25) is 0 Å². The van der Waals surface area contributed by atoms with Crippen molar-refractivity contribution >= 4 is 0 Å². The van der Waals surface area contributed by atoms with E-state index in [0.29, 0.717) is 0 Å². The largest absolute Gasteiger partial charge is 0.316 e. The second-order valence-electron chi connectivity index (χ2n) is 5.15. The van der Waals surface area contributed by atoms with E-state index in [1.807, 2.05) is 0 Å². The van der Waals surface area contributed by atoms with Crippen LogP contribution in [0.2, 0.25) is 0 Å². The number of nitrogens with one attached hydrogen (secondary N) is 1. The van der Waals surface area contributed by atoms with E-state index >= 15 is 0 Å². The number of hydrogen-bond donors (Lipinski definition) is 1. The van der Waals surface area contributed by atoms with Crippen LogP contribution in [0.3, 0.4) is 0 Å². The summed E-state index contributed by atoms with van der Waals surface area (Å²) in [6, 6.07) is 6.73. The zero-order valence-corrected chi connectivity index (χ0v) is 10.6. The minimum absolute atomic E-state index is 0.857. The van der Waals surface area contributed by atoms with Crippen LogP contribution in [0, 0.1) is 19.8 Å². The number of hydrogen-bond acceptors (Lipinski definition) is 2. The predicted octanol–water partition coefficient (Wildman–Crippen LogP) is 1.95. The van der Waals surface area contributed by atoms with E-state index < -0.39 is 0 Å². The normalized spacial score (nSPS) is 16.5. The molecule has 1 aromatic rings. The van der Waals surface area contributed by atoms with Crippen LogP contribution < -0.4 is 5.32 Å². The molecular weight excluding hydrogens is 196 g/mol. The van der Waals surface area contributed by atoms with Crippen molar-refractivity contribution in [1.82, 2.24) is 10.2 Å². The van der Waals surface area contributed by atoms with Crippen molar-refractivity contribution in [2.24, 2.45) is 5.92 Å². The van der Waals surface area contributed by atoms with Gasteiger partial charge < -0.3 is 10.2 Å². The monoisotopic (exact) mass is 218 g/mol. The molecule has 0 aliphatic carbocycles. The van der Waals surface area contributed by atoms with Gasteiger partial charge in [0.15, 0.2) is 0 Å². The van der Waals surface area contributed by atoms with Crippen LogP contribution in [0.1, 0.15) is 16.7 Å². The first kappa shape index (κ1) is 11.6. The lowest BCUT2D eigenvalue weighted by atomic mass is 10.0. The highest BCUT2D eigenvalue weighted by atomic mass is 15.1. The molecule has 2 heteroatoms. The van der Waals surface area contributed by atoms with Crippen molar-refractivity contribution in [3.63, 3.8) is 0 Å². The summed E-state index contributed by atoms with van der Waals surface area (Å²) in [5.41, 5.74) is 4.23. The molecule has 0 amide bonds. The van der Waals surface area contributed by atoms with Gasteiger partial charge in [-0.1, -0.05) is 23.8 Å². The molecule has 0 bridgehead atoms. The Morgan fingerprint density at radius 3 is 2.69 bits per heavy atom. The Morgan fingerprint density at radius 1 is 1.31 bits per heavy atom. The number of aryl methyl sites for hydroxylation is 2. The molecule has 16 heavy (non-hydrogen) atoms. The lowest BCUT2D eigenvalue weighted by Crippen LogP contribution is -2.47. The molecule has 0 radical (unpaired) electrons. The molecule has 2 nitrogen and oxygen atoms in total. The zero-order chi connectivity index (χ0) is 11.5. The molecule has 0 unspecified atom stereocenters. The van der Waals surface area contributed by atoms with Gasteiger partial charge in [0.1, 0.15) is 0 Å². The molecule has 1 aromatic carbocycles. The molecule has 1 aliphatic heterocycles. The maximum atomic E-state index is 3.32. The Labute approximate surface area is 98.7 Å². The fourth-order valence-corrected chi connectivity index (χ4v) is 2.24. The van der Waals surface area contributed by atoms with Gasteiger partial charge >= 0.3 is 0 Å². The molecule has 1 heterocycles. The predicted molar refractivity (Wildman–Crippen MR) is 68.6 cm³/mol. The van der Waals surface area contributed by atoms with E-state index in [9.17, 15) is 0 Å². The van der Waals surface area contributed by atoms with Gasteiger partial charge in [0.25, 0.3) is 0 Å². The van der Waals surface area contributed by atoms with E-state index in [0.717, 1.165) is 12.5 Å². The molecule has 0 atom stereocenters. The topological polar surface area (TPSA) is 15.3 Å². The molecular formula is C14H22N2. The average molecular weight is 218 g/mol. The van der Waals surface area contributed by atoms with Gasteiger partial charge in [-0.05, 0) is 37.9 Å². The quantitative estimate of drug-likeness (QED) is 0.831. The first-order valence-corrected chi connectivity index (χ1v) is 6.10. The van der Waals surface area contributed by atoms with Gasteiger partial charge in [-0.15, -0.1) is 0 Å². The second kappa shape index (κ2) is 4.98. The fraction of sp³-hybridized carbons (Fsp3) is 0.571. The summed E-state index contributed by atoms with van der Waals surface area (Å²) in [4.78, 5) is 2.44. The van der Waals surface area contributed by atoms with Crippen LogP contribution in [0.4, 0.5) is 0 Å². The summed E-state index contributed by atoms with van der Waals surface area (Å²) in [6.45, 7) is 9.03. The molecule has 0 spiro atoms. The van der Waals surface area contributed by atoms with Crippen molar-refractivity contribution in [2.45, 2.75) is 20.4 Å². The molecule has 0 saturated carbocycles. The number of benzene rings is 1. The van der Waals surface area contributed by atoms with Gasteiger partial charge in [-0.25, -0.2) is 0 Å². The summed E-state index contributed by atoms with van der Waals surface area (Å²) in [5.74, 6) is 0.857. The smallest absolute Gasteiger partial charge is 0.0233 e. The molecule has 88 valence electrons. The molecule has 1 aliphatic rings. The molecule has 2 rings (SSSR count). The highest BCUT2D eigenvalue weighted by Crippen LogP contribution is 2.14. The minimum atomic E-state index is 0.857. The van der Waals surface area contributed by atoms with Crippen molar-refractivity contribution in [2.75, 3.05) is 26.7 Å². The lowest BCUT2D eigenvalue weighted by Gasteiger charge is -2.31.